The Kier molecular flexibility index (Phi) is 4.75. The van der Waals surface area contributed by atoms with Crippen molar-refractivity contribution >= 4 is 10.1 Å². The van der Waals surface area contributed by atoms with E-state index in [4.69, 9.17) is 0 Å². The van der Waals surface area contributed by atoms with Gasteiger partial charge in [-0.15, -0.1) is 0 Å². The fourth-order valence-electron chi connectivity index (χ4n) is 2.22. The van der Waals surface area contributed by atoms with Gasteiger partial charge in [-0.2, -0.15) is 0 Å². The number of aryl methyl sites for hydroxylation is 4. The second-order valence-corrected chi connectivity index (χ2v) is 6.42. The largest absolute Gasteiger partial charge is 0.744 e. The molecule has 2 aromatic rings. The smallest absolute Gasteiger partial charge is 0.124 e. The molecule has 0 aliphatic heterocycles. The fraction of sp³-hybridized carbons (Fsp3) is 0.312. The van der Waals surface area contributed by atoms with Gasteiger partial charge in [0.25, 0.3) is 0 Å². The lowest BCUT2D eigenvalue weighted by Crippen LogP contribution is -2.05. The predicted molar refractivity (Wildman–Crippen MR) is 80.2 cm³/mol. The molecule has 0 radical (unpaired) electrons. The van der Waals surface area contributed by atoms with Crippen LogP contribution in [0.15, 0.2) is 41.4 Å². The van der Waals surface area contributed by atoms with Gasteiger partial charge in [0.05, 0.1) is 4.90 Å². The molecule has 0 atom stereocenters. The SMILES string of the molecule is CCc1ccc(CCc2cc(C)ccc2S(=O)(=O)[O-])nc1. The molecule has 0 unspecified atom stereocenters. The Balaban J connectivity index is 2.21. The van der Waals surface area contributed by atoms with E-state index in [1.54, 1.807) is 12.1 Å². The standard InChI is InChI=1S/C16H19NO3S/c1-3-13-5-7-15(17-11-13)8-6-14-10-12(2)4-9-16(14)21(18,19)20/h4-5,7,9-11H,3,6,8H2,1-2H3,(H,18,19,20)/p-1. The minimum Gasteiger partial charge on any atom is -0.744 e. The average Bonchev–Trinajstić information content (AvgIpc) is 2.44. The van der Waals surface area contributed by atoms with E-state index in [1.807, 2.05) is 25.3 Å². The van der Waals surface area contributed by atoms with E-state index in [1.165, 1.54) is 6.07 Å². The van der Waals surface area contributed by atoms with Gasteiger partial charge in [0.2, 0.25) is 0 Å². The van der Waals surface area contributed by atoms with Crippen LogP contribution in [0.1, 0.15) is 29.3 Å². The quantitative estimate of drug-likeness (QED) is 0.796. The minimum absolute atomic E-state index is 0.127. The summed E-state index contributed by atoms with van der Waals surface area (Å²) in [5.41, 5.74) is 3.55. The van der Waals surface area contributed by atoms with Crippen LogP contribution in [0.4, 0.5) is 0 Å². The third-order valence-corrected chi connectivity index (χ3v) is 4.37. The average molecular weight is 304 g/mol. The maximum atomic E-state index is 11.3. The Hall–Kier alpha value is -1.72. The number of rotatable bonds is 5. The van der Waals surface area contributed by atoms with E-state index < -0.39 is 10.1 Å². The van der Waals surface area contributed by atoms with Gasteiger partial charge in [0.15, 0.2) is 0 Å². The number of hydrogen-bond acceptors (Lipinski definition) is 4. The highest BCUT2D eigenvalue weighted by Crippen LogP contribution is 2.19. The molecule has 0 aliphatic carbocycles. The van der Waals surface area contributed by atoms with Crippen LogP contribution in [0.25, 0.3) is 0 Å². The molecule has 0 saturated heterocycles. The monoisotopic (exact) mass is 304 g/mol. The highest BCUT2D eigenvalue weighted by atomic mass is 32.2. The van der Waals surface area contributed by atoms with Gasteiger partial charge in [-0.05, 0) is 49.4 Å². The van der Waals surface area contributed by atoms with Crippen LogP contribution in [0.3, 0.4) is 0 Å². The second kappa shape index (κ2) is 6.37. The molecule has 1 heterocycles. The first-order valence-corrected chi connectivity index (χ1v) is 8.30. The van der Waals surface area contributed by atoms with Gasteiger partial charge in [0, 0.05) is 11.9 Å². The van der Waals surface area contributed by atoms with Crippen LogP contribution in [0, 0.1) is 6.92 Å². The fourth-order valence-corrected chi connectivity index (χ4v) is 2.94. The van der Waals surface area contributed by atoms with Crippen LogP contribution in [-0.4, -0.2) is 18.0 Å². The molecular weight excluding hydrogens is 286 g/mol. The predicted octanol–water partition coefficient (Wildman–Crippen LogP) is 2.64. The number of benzene rings is 1. The summed E-state index contributed by atoms with van der Waals surface area (Å²) in [7, 11) is -4.44. The molecule has 21 heavy (non-hydrogen) atoms. The number of aromatic nitrogens is 1. The van der Waals surface area contributed by atoms with Crippen molar-refractivity contribution in [2.45, 2.75) is 38.0 Å². The van der Waals surface area contributed by atoms with Gasteiger partial charge >= 0.3 is 0 Å². The second-order valence-electron chi connectivity index (χ2n) is 5.08. The topological polar surface area (TPSA) is 70.1 Å². The Morgan fingerprint density at radius 1 is 1.14 bits per heavy atom. The Morgan fingerprint density at radius 2 is 1.90 bits per heavy atom. The normalized spacial score (nSPS) is 11.6. The van der Waals surface area contributed by atoms with Crippen LogP contribution in [0.5, 0.6) is 0 Å². The summed E-state index contributed by atoms with van der Waals surface area (Å²) in [4.78, 5) is 4.22. The summed E-state index contributed by atoms with van der Waals surface area (Å²) in [5.74, 6) is 0. The first-order chi connectivity index (χ1) is 9.90. The maximum Gasteiger partial charge on any atom is 0.124 e. The summed E-state index contributed by atoms with van der Waals surface area (Å²) in [6, 6.07) is 8.75. The molecule has 2 rings (SSSR count). The molecular formula is C16H18NO3S-. The third-order valence-electron chi connectivity index (χ3n) is 3.43. The molecule has 1 aromatic carbocycles. The molecule has 0 saturated carbocycles. The number of pyridine rings is 1. The van der Waals surface area contributed by atoms with Crippen molar-refractivity contribution in [2.24, 2.45) is 0 Å². The van der Waals surface area contributed by atoms with Gasteiger partial charge < -0.3 is 4.55 Å². The van der Waals surface area contributed by atoms with Crippen molar-refractivity contribution in [3.63, 3.8) is 0 Å². The van der Waals surface area contributed by atoms with Crippen LogP contribution in [0.2, 0.25) is 0 Å². The summed E-state index contributed by atoms with van der Waals surface area (Å²) in [5, 5.41) is 0. The lowest BCUT2D eigenvalue weighted by atomic mass is 10.0. The van der Waals surface area contributed by atoms with E-state index in [2.05, 4.69) is 11.9 Å². The van der Waals surface area contributed by atoms with E-state index in [0.717, 1.165) is 23.2 Å². The Labute approximate surface area is 125 Å². The number of hydrogen-bond donors (Lipinski definition) is 0. The highest BCUT2D eigenvalue weighted by molar-refractivity contribution is 7.85. The molecule has 4 nitrogen and oxygen atoms in total. The minimum atomic E-state index is -4.44. The summed E-state index contributed by atoms with van der Waals surface area (Å²) < 4.78 is 33.9. The van der Waals surface area contributed by atoms with E-state index in [0.29, 0.717) is 18.4 Å². The summed E-state index contributed by atoms with van der Waals surface area (Å²) in [6.45, 7) is 3.94. The first-order valence-electron chi connectivity index (χ1n) is 6.89. The molecule has 0 fully saturated rings. The van der Waals surface area contributed by atoms with Crippen LogP contribution in [-0.2, 0) is 29.4 Å². The van der Waals surface area contributed by atoms with E-state index in [-0.39, 0.29) is 4.90 Å². The zero-order chi connectivity index (χ0) is 15.5. The first kappa shape index (κ1) is 15.7. The molecule has 0 amide bonds. The maximum absolute atomic E-state index is 11.3. The molecule has 0 aliphatic rings. The van der Waals surface area contributed by atoms with E-state index >= 15 is 0 Å². The van der Waals surface area contributed by atoms with Gasteiger partial charge in [0.1, 0.15) is 10.1 Å². The molecule has 0 N–H and O–H groups in total. The summed E-state index contributed by atoms with van der Waals surface area (Å²) >= 11 is 0. The van der Waals surface area contributed by atoms with E-state index in [9.17, 15) is 13.0 Å². The lowest BCUT2D eigenvalue weighted by molar-refractivity contribution is 0.462. The van der Waals surface area contributed by atoms with Gasteiger partial charge in [-0.25, -0.2) is 8.42 Å². The van der Waals surface area contributed by atoms with Crippen LogP contribution >= 0.6 is 0 Å². The third kappa shape index (κ3) is 4.12. The Morgan fingerprint density at radius 3 is 2.48 bits per heavy atom. The molecule has 0 spiro atoms. The van der Waals surface area contributed by atoms with Crippen molar-refractivity contribution in [1.29, 1.82) is 0 Å². The van der Waals surface area contributed by atoms with Crippen molar-refractivity contribution in [2.75, 3.05) is 0 Å². The highest BCUT2D eigenvalue weighted by Gasteiger charge is 2.09. The summed E-state index contributed by atoms with van der Waals surface area (Å²) in [6.07, 6.45) is 3.85. The van der Waals surface area contributed by atoms with Crippen LogP contribution < -0.4 is 0 Å². The molecule has 5 heteroatoms. The van der Waals surface area contributed by atoms with Crippen molar-refractivity contribution in [1.82, 2.24) is 4.98 Å². The molecule has 112 valence electrons. The lowest BCUT2D eigenvalue weighted by Gasteiger charge is -2.13. The van der Waals surface area contributed by atoms with Gasteiger partial charge in [-0.3, -0.25) is 4.98 Å². The molecule has 1 aromatic heterocycles. The zero-order valence-electron chi connectivity index (χ0n) is 12.2. The van der Waals surface area contributed by atoms with Crippen molar-refractivity contribution < 1.29 is 13.0 Å². The van der Waals surface area contributed by atoms with Crippen molar-refractivity contribution in [3.8, 4) is 0 Å². The zero-order valence-corrected chi connectivity index (χ0v) is 13.0. The van der Waals surface area contributed by atoms with Crippen molar-refractivity contribution in [3.05, 3.63) is 58.9 Å². The Bertz CT molecular complexity index is 722. The number of nitrogens with zero attached hydrogens (tertiary/aromatic N) is 1. The van der Waals surface area contributed by atoms with Gasteiger partial charge in [-0.1, -0.05) is 30.7 Å². The molecule has 0 bridgehead atoms.